The van der Waals surface area contributed by atoms with E-state index in [9.17, 15) is 27.9 Å². The fourth-order valence-corrected chi connectivity index (χ4v) is 6.81. The molecule has 9 heteroatoms. The lowest BCUT2D eigenvalue weighted by Crippen LogP contribution is -2.52. The highest BCUT2D eigenvalue weighted by atomic mass is 19.4. The van der Waals surface area contributed by atoms with Crippen LogP contribution in [0.5, 0.6) is 0 Å². The molecule has 4 rings (SSSR count). The summed E-state index contributed by atoms with van der Waals surface area (Å²) >= 11 is 0. The van der Waals surface area contributed by atoms with E-state index in [0.717, 1.165) is 24.8 Å². The van der Waals surface area contributed by atoms with Gasteiger partial charge in [0.25, 0.3) is 5.91 Å². The Morgan fingerprint density at radius 3 is 2.00 bits per heavy atom. The molecule has 1 amide bonds. The first kappa shape index (κ1) is 31.4. The summed E-state index contributed by atoms with van der Waals surface area (Å²) < 4.78 is 40.2. The molecule has 2 fully saturated rings. The van der Waals surface area contributed by atoms with Gasteiger partial charge in [0.15, 0.2) is 5.84 Å². The number of benzene rings is 1. The summed E-state index contributed by atoms with van der Waals surface area (Å²) in [6.07, 6.45) is 0.393. The maximum Gasteiger partial charge on any atom is 0.391 e. The van der Waals surface area contributed by atoms with Crippen LogP contribution in [0.3, 0.4) is 0 Å². The molecule has 2 aliphatic heterocycles. The van der Waals surface area contributed by atoms with Crippen molar-refractivity contribution in [1.82, 2.24) is 9.80 Å². The van der Waals surface area contributed by atoms with Gasteiger partial charge in [-0.3, -0.25) is 4.79 Å². The summed E-state index contributed by atoms with van der Waals surface area (Å²) in [5.41, 5.74) is 0.406. The van der Waals surface area contributed by atoms with E-state index in [2.05, 4.69) is 41.5 Å². The second-order valence-corrected chi connectivity index (χ2v) is 14.6. The number of aliphatic imine (C=N–C) groups is 1. The Morgan fingerprint density at radius 1 is 0.976 bits per heavy atom. The predicted octanol–water partition coefficient (Wildman–Crippen LogP) is 7.70. The standard InChI is InChI=1S/C32H46F3N3O3/c1-29(2,3)16-13-25(21-7-9-22(10-8-21)28(40)41)38-27(39)26(37-19-14-24(15-20-37)32(33,34)35)36-31(38)17-11-23(12-18-31)30(4,5)6/h7-10,23-25H,11-20H2,1-6H3,(H,40,41)/t23?,25-,31?/m1/s1. The van der Waals surface area contributed by atoms with Crippen molar-refractivity contribution in [3.8, 4) is 0 Å². The molecule has 0 bridgehead atoms. The number of aromatic carboxylic acids is 1. The molecule has 1 aromatic carbocycles. The van der Waals surface area contributed by atoms with Gasteiger partial charge in [-0.05, 0) is 85.8 Å². The molecule has 1 saturated carbocycles. The Labute approximate surface area is 242 Å². The van der Waals surface area contributed by atoms with Crippen LogP contribution in [0.2, 0.25) is 0 Å². The summed E-state index contributed by atoms with van der Waals surface area (Å²) in [5, 5.41) is 9.46. The average molecular weight is 578 g/mol. The van der Waals surface area contributed by atoms with Crippen molar-refractivity contribution in [3.63, 3.8) is 0 Å². The van der Waals surface area contributed by atoms with Gasteiger partial charge in [-0.15, -0.1) is 0 Å². The molecule has 6 nitrogen and oxygen atoms in total. The SMILES string of the molecule is CC(C)(C)CC[C@H](c1ccc(C(=O)O)cc1)N1C(=O)C(N2CCC(C(F)(F)F)CC2)=NC12CCC(C(C)(C)C)CC2. The highest BCUT2D eigenvalue weighted by Gasteiger charge is 2.54. The van der Waals surface area contributed by atoms with E-state index >= 15 is 0 Å². The lowest BCUT2D eigenvalue weighted by Gasteiger charge is -2.47. The zero-order chi connectivity index (χ0) is 30.4. The number of halogens is 3. The van der Waals surface area contributed by atoms with Gasteiger partial charge in [0.2, 0.25) is 0 Å². The number of likely N-dealkylation sites (tertiary alicyclic amines) is 1. The first-order valence-corrected chi connectivity index (χ1v) is 15.0. The minimum absolute atomic E-state index is 0.00223. The molecule has 1 N–H and O–H groups in total. The maximum absolute atomic E-state index is 14.4. The third kappa shape index (κ3) is 6.91. The van der Waals surface area contributed by atoms with Crippen molar-refractivity contribution in [1.29, 1.82) is 0 Å². The number of rotatable bonds is 5. The van der Waals surface area contributed by atoms with Crippen LogP contribution in [0, 0.1) is 22.7 Å². The molecule has 1 atom stereocenters. The average Bonchev–Trinajstić information content (AvgIpc) is 3.14. The zero-order valence-corrected chi connectivity index (χ0v) is 25.4. The number of amidine groups is 1. The number of alkyl halides is 3. The number of amides is 1. The fraction of sp³-hybridized carbons (Fsp3) is 0.719. The molecule has 3 aliphatic rings. The third-order valence-electron chi connectivity index (χ3n) is 9.46. The van der Waals surface area contributed by atoms with Gasteiger partial charge >= 0.3 is 12.1 Å². The Morgan fingerprint density at radius 2 is 1.54 bits per heavy atom. The van der Waals surface area contributed by atoms with Gasteiger partial charge in [0.05, 0.1) is 17.5 Å². The Hall–Kier alpha value is -2.58. The number of hydrogen-bond donors (Lipinski definition) is 1. The van der Waals surface area contributed by atoms with E-state index in [0.29, 0.717) is 31.0 Å². The summed E-state index contributed by atoms with van der Waals surface area (Å²) in [5.74, 6) is -1.80. The predicted molar refractivity (Wildman–Crippen MR) is 154 cm³/mol. The van der Waals surface area contributed by atoms with E-state index in [1.165, 1.54) is 0 Å². The Kier molecular flexibility index (Phi) is 8.60. The summed E-state index contributed by atoms with van der Waals surface area (Å²) in [6, 6.07) is 6.42. The van der Waals surface area contributed by atoms with Gasteiger partial charge in [0, 0.05) is 13.1 Å². The van der Waals surface area contributed by atoms with Gasteiger partial charge in [-0.1, -0.05) is 53.7 Å². The number of carbonyl (C=O) groups excluding carboxylic acids is 1. The lowest BCUT2D eigenvalue weighted by molar-refractivity contribution is -0.183. The molecule has 1 saturated heterocycles. The molecular formula is C32H46F3N3O3. The van der Waals surface area contributed by atoms with Crippen LogP contribution in [0.25, 0.3) is 0 Å². The first-order valence-electron chi connectivity index (χ1n) is 15.0. The first-order chi connectivity index (χ1) is 18.9. The summed E-state index contributed by atoms with van der Waals surface area (Å²) in [4.78, 5) is 34.8. The molecule has 228 valence electrons. The zero-order valence-electron chi connectivity index (χ0n) is 25.4. The van der Waals surface area contributed by atoms with Crippen LogP contribution in [-0.4, -0.2) is 57.5 Å². The fourth-order valence-electron chi connectivity index (χ4n) is 6.81. The number of hydrogen-bond acceptors (Lipinski definition) is 4. The summed E-state index contributed by atoms with van der Waals surface area (Å²) in [6.45, 7) is 13.5. The van der Waals surface area contributed by atoms with Crippen molar-refractivity contribution in [2.75, 3.05) is 13.1 Å². The molecule has 0 aromatic heterocycles. The topological polar surface area (TPSA) is 73.2 Å². The monoisotopic (exact) mass is 577 g/mol. The van der Waals surface area contributed by atoms with Crippen molar-refractivity contribution in [3.05, 3.63) is 35.4 Å². The van der Waals surface area contributed by atoms with Gasteiger partial charge in [-0.2, -0.15) is 13.2 Å². The van der Waals surface area contributed by atoms with Crippen molar-refractivity contribution < 1.29 is 27.9 Å². The van der Waals surface area contributed by atoms with E-state index in [-0.39, 0.29) is 54.3 Å². The van der Waals surface area contributed by atoms with Crippen molar-refractivity contribution in [2.45, 2.75) is 111 Å². The third-order valence-corrected chi connectivity index (χ3v) is 9.46. The van der Waals surface area contributed by atoms with Gasteiger partial charge < -0.3 is 14.9 Å². The normalized spacial score (nSPS) is 25.5. The number of piperidine rings is 1. The quantitative estimate of drug-likeness (QED) is 0.389. The lowest BCUT2D eigenvalue weighted by atomic mass is 9.69. The van der Waals surface area contributed by atoms with Gasteiger partial charge in [-0.25, -0.2) is 9.79 Å². The second kappa shape index (κ2) is 11.3. The molecule has 2 heterocycles. The van der Waals surface area contributed by atoms with Crippen LogP contribution in [-0.2, 0) is 4.79 Å². The molecular weight excluding hydrogens is 531 g/mol. The highest BCUT2D eigenvalue weighted by Crippen LogP contribution is 2.50. The van der Waals surface area contributed by atoms with Crippen LogP contribution in [0.15, 0.2) is 29.3 Å². The smallest absolute Gasteiger partial charge is 0.391 e. The molecule has 1 spiro atoms. The van der Waals surface area contributed by atoms with Crippen LogP contribution in [0.1, 0.15) is 115 Å². The maximum atomic E-state index is 14.4. The Bertz CT molecular complexity index is 1130. The molecule has 41 heavy (non-hydrogen) atoms. The van der Waals surface area contributed by atoms with E-state index in [1.54, 1.807) is 29.2 Å². The number of nitrogens with zero attached hydrogens (tertiary/aromatic N) is 3. The van der Waals surface area contributed by atoms with E-state index in [4.69, 9.17) is 4.99 Å². The number of carbonyl (C=O) groups is 2. The Balaban J connectivity index is 1.72. The number of carboxylic acid groups (broad SMARTS) is 1. The molecule has 0 radical (unpaired) electrons. The summed E-state index contributed by atoms with van der Waals surface area (Å²) in [7, 11) is 0. The van der Waals surface area contributed by atoms with E-state index < -0.39 is 23.7 Å². The van der Waals surface area contributed by atoms with Gasteiger partial charge in [0.1, 0.15) is 5.66 Å². The minimum atomic E-state index is -4.23. The number of carboxylic acids is 1. The van der Waals surface area contributed by atoms with Crippen molar-refractivity contribution >= 4 is 17.7 Å². The highest BCUT2D eigenvalue weighted by molar-refractivity contribution is 6.39. The second-order valence-electron chi connectivity index (χ2n) is 14.6. The minimum Gasteiger partial charge on any atom is -0.478 e. The van der Waals surface area contributed by atoms with Crippen LogP contribution in [0.4, 0.5) is 13.2 Å². The molecule has 1 aliphatic carbocycles. The van der Waals surface area contributed by atoms with Crippen LogP contribution < -0.4 is 0 Å². The van der Waals surface area contributed by atoms with Crippen LogP contribution >= 0.6 is 0 Å². The molecule has 1 aromatic rings. The largest absolute Gasteiger partial charge is 0.478 e. The molecule has 0 unspecified atom stereocenters. The van der Waals surface area contributed by atoms with Crippen molar-refractivity contribution in [2.24, 2.45) is 27.7 Å². The van der Waals surface area contributed by atoms with E-state index in [1.807, 2.05) is 4.90 Å².